The maximum atomic E-state index is 12.3. The highest BCUT2D eigenvalue weighted by Gasteiger charge is 2.19. The van der Waals surface area contributed by atoms with Gasteiger partial charge in [-0.05, 0) is 31.2 Å². The van der Waals surface area contributed by atoms with Crippen LogP contribution in [0.15, 0.2) is 47.4 Å². The van der Waals surface area contributed by atoms with Crippen molar-refractivity contribution in [3.05, 3.63) is 63.2 Å². The third kappa shape index (κ3) is 4.46. The Labute approximate surface area is 148 Å². The first-order chi connectivity index (χ1) is 11.7. The standard InChI is InChI=1S/C15H13ClN2O6S/c1-2-24-15(19)13-7-6-10(8-14(13)16)17-25(22,23)12-5-3-4-11(9-12)18(20)21/h3-9,17H,2H2,1H3. The summed E-state index contributed by atoms with van der Waals surface area (Å²) in [5.74, 6) is -0.624. The first kappa shape index (κ1) is 18.7. The molecule has 0 spiro atoms. The van der Waals surface area contributed by atoms with E-state index in [1.54, 1.807) is 6.92 Å². The van der Waals surface area contributed by atoms with Gasteiger partial charge in [-0.1, -0.05) is 17.7 Å². The molecule has 0 atom stereocenters. The second-order valence-corrected chi connectivity index (χ2v) is 6.86. The first-order valence-corrected chi connectivity index (χ1v) is 8.84. The zero-order valence-electron chi connectivity index (χ0n) is 12.9. The fraction of sp³-hybridized carbons (Fsp3) is 0.133. The van der Waals surface area contributed by atoms with Crippen molar-refractivity contribution < 1.29 is 22.9 Å². The Bertz CT molecular complexity index is 929. The van der Waals surface area contributed by atoms with Crippen LogP contribution in [0.4, 0.5) is 11.4 Å². The normalized spacial score (nSPS) is 11.0. The molecule has 2 aromatic rings. The lowest BCUT2D eigenvalue weighted by Crippen LogP contribution is -2.13. The van der Waals surface area contributed by atoms with E-state index in [2.05, 4.69) is 4.72 Å². The minimum atomic E-state index is -4.06. The van der Waals surface area contributed by atoms with E-state index in [9.17, 15) is 23.3 Å². The largest absolute Gasteiger partial charge is 0.462 e. The molecule has 10 heteroatoms. The molecule has 0 aliphatic rings. The second-order valence-electron chi connectivity index (χ2n) is 4.78. The van der Waals surface area contributed by atoms with E-state index >= 15 is 0 Å². The zero-order chi connectivity index (χ0) is 18.6. The lowest BCUT2D eigenvalue weighted by atomic mass is 10.2. The van der Waals surface area contributed by atoms with Gasteiger partial charge in [-0.15, -0.1) is 0 Å². The van der Waals surface area contributed by atoms with Crippen molar-refractivity contribution in [2.75, 3.05) is 11.3 Å². The van der Waals surface area contributed by atoms with Gasteiger partial charge in [-0.2, -0.15) is 0 Å². The number of carbonyl (C=O) groups excluding carboxylic acids is 1. The van der Waals surface area contributed by atoms with Crippen LogP contribution in [0.1, 0.15) is 17.3 Å². The van der Waals surface area contributed by atoms with Gasteiger partial charge in [0.05, 0.1) is 32.7 Å². The molecule has 0 aromatic heterocycles. The number of ether oxygens (including phenoxy) is 1. The van der Waals surface area contributed by atoms with Crippen LogP contribution in [-0.2, 0) is 14.8 Å². The fourth-order valence-electron chi connectivity index (χ4n) is 1.93. The summed E-state index contributed by atoms with van der Waals surface area (Å²) in [6.07, 6.45) is 0. The molecule has 0 saturated heterocycles. The molecule has 8 nitrogen and oxygen atoms in total. The molecule has 1 N–H and O–H groups in total. The number of nitrogens with zero attached hydrogens (tertiary/aromatic N) is 1. The third-order valence-electron chi connectivity index (χ3n) is 3.06. The average Bonchev–Trinajstić information content (AvgIpc) is 2.55. The molecule has 0 radical (unpaired) electrons. The van der Waals surface area contributed by atoms with Crippen LogP contribution >= 0.6 is 11.6 Å². The molecule has 0 aliphatic carbocycles. The summed E-state index contributed by atoms with van der Waals surface area (Å²) in [6, 6.07) is 8.54. The quantitative estimate of drug-likeness (QED) is 0.464. The van der Waals surface area contributed by atoms with Crippen molar-refractivity contribution in [3.8, 4) is 0 Å². The van der Waals surface area contributed by atoms with Gasteiger partial charge in [-0.25, -0.2) is 13.2 Å². The van der Waals surface area contributed by atoms with Gasteiger partial charge in [0.25, 0.3) is 15.7 Å². The number of sulfonamides is 1. The predicted molar refractivity (Wildman–Crippen MR) is 91.3 cm³/mol. The number of hydrogen-bond acceptors (Lipinski definition) is 6. The van der Waals surface area contributed by atoms with Gasteiger partial charge in [0, 0.05) is 12.1 Å². The number of rotatable bonds is 6. The zero-order valence-corrected chi connectivity index (χ0v) is 14.5. The molecule has 0 fully saturated rings. The molecule has 0 saturated carbocycles. The minimum Gasteiger partial charge on any atom is -0.462 e. The number of halogens is 1. The summed E-state index contributed by atoms with van der Waals surface area (Å²) in [6.45, 7) is 1.82. The van der Waals surface area contributed by atoms with Gasteiger partial charge in [-0.3, -0.25) is 14.8 Å². The molecule has 2 rings (SSSR count). The molecular formula is C15H13ClN2O6S. The number of nitro groups is 1. The molecule has 0 unspecified atom stereocenters. The number of carbonyl (C=O) groups is 1. The monoisotopic (exact) mass is 384 g/mol. The van der Waals surface area contributed by atoms with Crippen molar-refractivity contribution in [1.82, 2.24) is 0 Å². The van der Waals surface area contributed by atoms with Crippen LogP contribution in [0.3, 0.4) is 0 Å². The Morgan fingerprint density at radius 3 is 2.60 bits per heavy atom. The topological polar surface area (TPSA) is 116 Å². The SMILES string of the molecule is CCOC(=O)c1ccc(NS(=O)(=O)c2cccc([N+](=O)[O-])c2)cc1Cl. The van der Waals surface area contributed by atoms with Crippen LogP contribution in [-0.4, -0.2) is 25.9 Å². The van der Waals surface area contributed by atoms with Crippen molar-refractivity contribution in [2.45, 2.75) is 11.8 Å². The van der Waals surface area contributed by atoms with E-state index in [4.69, 9.17) is 16.3 Å². The van der Waals surface area contributed by atoms with Crippen molar-refractivity contribution >= 4 is 39.0 Å². The fourth-order valence-corrected chi connectivity index (χ4v) is 3.28. The van der Waals surface area contributed by atoms with Crippen LogP contribution in [0.5, 0.6) is 0 Å². The van der Waals surface area contributed by atoms with E-state index in [-0.39, 0.29) is 33.5 Å². The molecule has 25 heavy (non-hydrogen) atoms. The third-order valence-corrected chi connectivity index (χ3v) is 4.75. The number of nitrogens with one attached hydrogen (secondary N) is 1. The van der Waals surface area contributed by atoms with Gasteiger partial charge < -0.3 is 4.74 Å². The summed E-state index contributed by atoms with van der Waals surface area (Å²) in [5, 5.41) is 10.8. The minimum absolute atomic E-state index is 0.0118. The van der Waals surface area contributed by atoms with Crippen LogP contribution < -0.4 is 4.72 Å². The van der Waals surface area contributed by atoms with E-state index in [1.807, 2.05) is 0 Å². The lowest BCUT2D eigenvalue weighted by Gasteiger charge is -2.10. The number of esters is 1. The lowest BCUT2D eigenvalue weighted by molar-refractivity contribution is -0.385. The summed E-state index contributed by atoms with van der Waals surface area (Å²) < 4.78 is 31.8. The van der Waals surface area contributed by atoms with Crippen molar-refractivity contribution in [1.29, 1.82) is 0 Å². The highest BCUT2D eigenvalue weighted by atomic mass is 35.5. The highest BCUT2D eigenvalue weighted by Crippen LogP contribution is 2.25. The molecule has 0 aliphatic heterocycles. The smallest absolute Gasteiger partial charge is 0.339 e. The van der Waals surface area contributed by atoms with E-state index in [1.165, 1.54) is 36.4 Å². The second kappa shape index (κ2) is 7.49. The average molecular weight is 385 g/mol. The molecule has 132 valence electrons. The van der Waals surface area contributed by atoms with Crippen LogP contribution in [0, 0.1) is 10.1 Å². The summed E-state index contributed by atoms with van der Waals surface area (Å²) in [5.41, 5.74) is -0.148. The van der Waals surface area contributed by atoms with Crippen molar-refractivity contribution in [3.63, 3.8) is 0 Å². The Morgan fingerprint density at radius 2 is 2.00 bits per heavy atom. The van der Waals surface area contributed by atoms with E-state index in [0.717, 1.165) is 6.07 Å². The number of non-ortho nitro benzene ring substituents is 1. The molecule has 0 amide bonds. The maximum absolute atomic E-state index is 12.3. The first-order valence-electron chi connectivity index (χ1n) is 6.98. The van der Waals surface area contributed by atoms with Crippen molar-refractivity contribution in [2.24, 2.45) is 0 Å². The van der Waals surface area contributed by atoms with E-state index < -0.39 is 20.9 Å². The number of nitro benzene ring substituents is 1. The van der Waals surface area contributed by atoms with Gasteiger partial charge in [0.15, 0.2) is 0 Å². The van der Waals surface area contributed by atoms with Crippen LogP contribution in [0.25, 0.3) is 0 Å². The number of hydrogen-bond donors (Lipinski definition) is 1. The Morgan fingerprint density at radius 1 is 1.28 bits per heavy atom. The summed E-state index contributed by atoms with van der Waals surface area (Å²) in [4.78, 5) is 21.5. The van der Waals surface area contributed by atoms with E-state index in [0.29, 0.717) is 0 Å². The number of benzene rings is 2. The summed E-state index contributed by atoms with van der Waals surface area (Å²) in [7, 11) is -4.06. The van der Waals surface area contributed by atoms with Gasteiger partial charge in [0.1, 0.15) is 0 Å². The Balaban J connectivity index is 2.29. The molecular weight excluding hydrogens is 372 g/mol. The Hall–Kier alpha value is -2.65. The summed E-state index contributed by atoms with van der Waals surface area (Å²) >= 11 is 5.98. The molecule has 0 bridgehead atoms. The maximum Gasteiger partial charge on any atom is 0.339 e. The molecule has 2 aromatic carbocycles. The van der Waals surface area contributed by atoms with Gasteiger partial charge >= 0.3 is 5.97 Å². The molecule has 0 heterocycles. The van der Waals surface area contributed by atoms with Gasteiger partial charge in [0.2, 0.25) is 0 Å². The van der Waals surface area contributed by atoms with Crippen LogP contribution in [0.2, 0.25) is 5.02 Å². The Kier molecular flexibility index (Phi) is 5.60. The highest BCUT2D eigenvalue weighted by molar-refractivity contribution is 7.92. The predicted octanol–water partition coefficient (Wildman–Crippen LogP) is 3.23. The number of anilines is 1.